The molecule has 2 atom stereocenters. The summed E-state index contributed by atoms with van der Waals surface area (Å²) < 4.78 is 11.8. The molecule has 0 N–H and O–H groups in total. The largest absolute Gasteiger partial charge is 0.494 e. The molecule has 2 aliphatic rings. The van der Waals surface area contributed by atoms with E-state index in [-0.39, 0.29) is 0 Å². The third-order valence-electron chi connectivity index (χ3n) is 4.80. The van der Waals surface area contributed by atoms with Gasteiger partial charge in [0.1, 0.15) is 17.6 Å². The first-order chi connectivity index (χ1) is 9.74. The quantitative estimate of drug-likeness (QED) is 0.707. The van der Waals surface area contributed by atoms with Crippen molar-refractivity contribution < 1.29 is 9.47 Å². The predicted molar refractivity (Wildman–Crippen MR) is 84.9 cm³/mol. The first kappa shape index (κ1) is 14.2. The zero-order chi connectivity index (χ0) is 14.0. The van der Waals surface area contributed by atoms with Gasteiger partial charge in [0.2, 0.25) is 0 Å². The summed E-state index contributed by atoms with van der Waals surface area (Å²) in [6.07, 6.45) is 7.88. The van der Waals surface area contributed by atoms with Crippen LogP contribution < -0.4 is 9.47 Å². The van der Waals surface area contributed by atoms with E-state index < -0.39 is 0 Å². The van der Waals surface area contributed by atoms with E-state index in [1.54, 1.807) is 0 Å². The van der Waals surface area contributed by atoms with Crippen LogP contribution in [-0.4, -0.2) is 17.5 Å². The minimum absolute atomic E-state index is 0.386. The summed E-state index contributed by atoms with van der Waals surface area (Å²) in [7, 11) is 0. The lowest BCUT2D eigenvalue weighted by atomic mass is 9.64. The van der Waals surface area contributed by atoms with Gasteiger partial charge in [0.05, 0.1) is 6.61 Å². The Labute approximate surface area is 130 Å². The molecule has 0 heterocycles. The minimum Gasteiger partial charge on any atom is -0.494 e. The summed E-state index contributed by atoms with van der Waals surface area (Å²) in [5, 5.41) is 0. The second kappa shape index (κ2) is 5.97. The molecule has 0 amide bonds. The Bertz CT molecular complexity index is 437. The third kappa shape index (κ3) is 2.57. The van der Waals surface area contributed by atoms with Crippen LogP contribution in [0.5, 0.6) is 11.5 Å². The van der Waals surface area contributed by atoms with Crippen LogP contribution >= 0.6 is 15.9 Å². The molecule has 1 aromatic carbocycles. The van der Waals surface area contributed by atoms with Gasteiger partial charge in [-0.25, -0.2) is 0 Å². The molecular weight excluding hydrogens is 316 g/mol. The van der Waals surface area contributed by atoms with Crippen molar-refractivity contribution in [1.29, 1.82) is 0 Å². The smallest absolute Gasteiger partial charge is 0.120 e. The van der Waals surface area contributed by atoms with Gasteiger partial charge < -0.3 is 9.47 Å². The lowest BCUT2D eigenvalue weighted by Crippen LogP contribution is -2.55. The molecule has 20 heavy (non-hydrogen) atoms. The van der Waals surface area contributed by atoms with E-state index in [0.717, 1.165) is 30.9 Å². The van der Waals surface area contributed by atoms with Gasteiger partial charge in [-0.3, -0.25) is 0 Å². The van der Waals surface area contributed by atoms with E-state index in [1.807, 2.05) is 24.3 Å². The van der Waals surface area contributed by atoms with Crippen LogP contribution in [0.15, 0.2) is 24.3 Å². The van der Waals surface area contributed by atoms with Crippen molar-refractivity contribution in [2.24, 2.45) is 5.41 Å². The van der Waals surface area contributed by atoms with Gasteiger partial charge in [-0.05, 0) is 49.9 Å². The molecule has 0 aromatic heterocycles. The van der Waals surface area contributed by atoms with Gasteiger partial charge in [-0.1, -0.05) is 35.7 Å². The second-order valence-corrected chi connectivity index (χ2v) is 7.18. The van der Waals surface area contributed by atoms with Gasteiger partial charge in [0, 0.05) is 10.2 Å². The van der Waals surface area contributed by atoms with Crippen molar-refractivity contribution in [3.8, 4) is 11.5 Å². The molecule has 1 aromatic rings. The molecule has 0 radical (unpaired) electrons. The highest BCUT2D eigenvalue weighted by Gasteiger charge is 2.56. The molecule has 0 bridgehead atoms. The average Bonchev–Trinajstić information content (AvgIpc) is 2.99. The first-order valence-electron chi connectivity index (χ1n) is 7.78. The number of hydrogen-bond donors (Lipinski definition) is 0. The van der Waals surface area contributed by atoms with Crippen molar-refractivity contribution in [3.63, 3.8) is 0 Å². The van der Waals surface area contributed by atoms with E-state index in [0.29, 0.717) is 16.3 Å². The molecule has 3 heteroatoms. The Kier molecular flexibility index (Phi) is 4.25. The summed E-state index contributed by atoms with van der Waals surface area (Å²) in [4.78, 5) is 0.648. The predicted octanol–water partition coefficient (Wildman–Crippen LogP) is 4.95. The molecule has 1 spiro atoms. The fourth-order valence-corrected chi connectivity index (χ4v) is 4.62. The number of hydrogen-bond acceptors (Lipinski definition) is 2. The Hall–Kier alpha value is -0.700. The van der Waals surface area contributed by atoms with Gasteiger partial charge in [-0.15, -0.1) is 0 Å². The average molecular weight is 339 g/mol. The Morgan fingerprint density at radius 3 is 2.40 bits per heavy atom. The topological polar surface area (TPSA) is 18.5 Å². The number of halogens is 1. The normalized spacial score (nSPS) is 27.3. The SMILES string of the molecule is CCCOc1ccc(OC2CC(Br)C23CCCC3)cc1. The number of rotatable bonds is 5. The van der Waals surface area contributed by atoms with Crippen molar-refractivity contribution >= 4 is 15.9 Å². The zero-order valence-electron chi connectivity index (χ0n) is 12.1. The highest BCUT2D eigenvalue weighted by atomic mass is 79.9. The maximum Gasteiger partial charge on any atom is 0.120 e. The molecule has 0 aliphatic heterocycles. The number of benzene rings is 1. The van der Waals surface area contributed by atoms with Crippen molar-refractivity contribution in [2.45, 2.75) is 56.4 Å². The Morgan fingerprint density at radius 1 is 1.15 bits per heavy atom. The monoisotopic (exact) mass is 338 g/mol. The number of alkyl halides is 1. The Morgan fingerprint density at radius 2 is 1.80 bits per heavy atom. The van der Waals surface area contributed by atoms with Gasteiger partial charge >= 0.3 is 0 Å². The van der Waals surface area contributed by atoms with E-state index in [1.165, 1.54) is 25.7 Å². The minimum atomic E-state index is 0.386. The van der Waals surface area contributed by atoms with E-state index in [2.05, 4.69) is 22.9 Å². The van der Waals surface area contributed by atoms with Crippen LogP contribution in [0.4, 0.5) is 0 Å². The van der Waals surface area contributed by atoms with Crippen molar-refractivity contribution in [1.82, 2.24) is 0 Å². The van der Waals surface area contributed by atoms with Crippen LogP contribution in [0.2, 0.25) is 0 Å². The highest BCUT2D eigenvalue weighted by molar-refractivity contribution is 9.09. The molecule has 110 valence electrons. The summed E-state index contributed by atoms with van der Waals surface area (Å²) in [6.45, 7) is 2.89. The van der Waals surface area contributed by atoms with Gasteiger partial charge in [0.15, 0.2) is 0 Å². The van der Waals surface area contributed by atoms with Crippen molar-refractivity contribution in [3.05, 3.63) is 24.3 Å². The molecule has 2 fully saturated rings. The van der Waals surface area contributed by atoms with Gasteiger partial charge in [-0.2, -0.15) is 0 Å². The molecule has 2 saturated carbocycles. The van der Waals surface area contributed by atoms with Crippen molar-refractivity contribution in [2.75, 3.05) is 6.61 Å². The fourth-order valence-electron chi connectivity index (χ4n) is 3.53. The highest BCUT2D eigenvalue weighted by Crippen LogP contribution is 2.57. The summed E-state index contributed by atoms with van der Waals surface area (Å²) >= 11 is 3.84. The molecule has 3 rings (SSSR count). The number of ether oxygens (including phenoxy) is 2. The summed E-state index contributed by atoms with van der Waals surface area (Å²) in [5.74, 6) is 1.91. The third-order valence-corrected chi connectivity index (χ3v) is 6.08. The maximum absolute atomic E-state index is 6.23. The summed E-state index contributed by atoms with van der Waals surface area (Å²) in [5.41, 5.74) is 0.400. The molecule has 0 saturated heterocycles. The van der Waals surface area contributed by atoms with Crippen LogP contribution in [-0.2, 0) is 0 Å². The van der Waals surface area contributed by atoms with Gasteiger partial charge in [0.25, 0.3) is 0 Å². The zero-order valence-corrected chi connectivity index (χ0v) is 13.7. The van der Waals surface area contributed by atoms with Crippen LogP contribution in [0.25, 0.3) is 0 Å². The standard InChI is InChI=1S/C17H23BrO2/c1-2-11-19-13-5-7-14(8-6-13)20-16-12-15(18)17(16)9-3-4-10-17/h5-8,15-16H,2-4,9-12H2,1H3. The van der Waals surface area contributed by atoms with Crippen LogP contribution in [0.1, 0.15) is 45.4 Å². The van der Waals surface area contributed by atoms with E-state index >= 15 is 0 Å². The van der Waals surface area contributed by atoms with Crippen LogP contribution in [0.3, 0.4) is 0 Å². The molecule has 2 unspecified atom stereocenters. The van der Waals surface area contributed by atoms with E-state index in [9.17, 15) is 0 Å². The maximum atomic E-state index is 6.23. The first-order valence-corrected chi connectivity index (χ1v) is 8.70. The van der Waals surface area contributed by atoms with Crippen LogP contribution in [0, 0.1) is 5.41 Å². The summed E-state index contributed by atoms with van der Waals surface area (Å²) in [6, 6.07) is 8.09. The molecule has 2 nitrogen and oxygen atoms in total. The second-order valence-electron chi connectivity index (χ2n) is 6.07. The lowest BCUT2D eigenvalue weighted by molar-refractivity contribution is -0.0304. The molecular formula is C17H23BrO2. The van der Waals surface area contributed by atoms with E-state index in [4.69, 9.17) is 9.47 Å². The lowest BCUT2D eigenvalue weighted by Gasteiger charge is -2.51. The molecule has 2 aliphatic carbocycles. The Balaban J connectivity index is 1.60. The fraction of sp³-hybridized carbons (Fsp3) is 0.647.